The third kappa shape index (κ3) is 5.76. The van der Waals surface area contributed by atoms with Crippen LogP contribution in [0.15, 0.2) is 23.7 Å². The number of likely N-dealkylation sites (tertiary alicyclic amines) is 1. The molecular formula is C18H31N5O2. The SMILES string of the molecule is CCNC(=NCCCCC(=O)OC)N1CCC(C)C(n2ccnc2)C1. The van der Waals surface area contributed by atoms with E-state index in [2.05, 4.69) is 38.4 Å². The van der Waals surface area contributed by atoms with Crippen LogP contribution in [-0.2, 0) is 9.53 Å². The predicted molar refractivity (Wildman–Crippen MR) is 98.5 cm³/mol. The highest BCUT2D eigenvalue weighted by atomic mass is 16.5. The number of carbonyl (C=O) groups is 1. The van der Waals surface area contributed by atoms with E-state index in [-0.39, 0.29) is 5.97 Å². The first-order chi connectivity index (χ1) is 12.2. The van der Waals surface area contributed by atoms with Crippen LogP contribution in [0.2, 0.25) is 0 Å². The first-order valence-corrected chi connectivity index (χ1v) is 9.23. The molecular weight excluding hydrogens is 318 g/mol. The van der Waals surface area contributed by atoms with Gasteiger partial charge < -0.3 is 19.5 Å². The van der Waals surface area contributed by atoms with E-state index in [4.69, 9.17) is 4.99 Å². The Labute approximate surface area is 150 Å². The molecule has 1 fully saturated rings. The van der Waals surface area contributed by atoms with Crippen LogP contribution >= 0.6 is 0 Å². The largest absolute Gasteiger partial charge is 0.469 e. The van der Waals surface area contributed by atoms with Crippen LogP contribution in [0.4, 0.5) is 0 Å². The number of aromatic nitrogens is 2. The van der Waals surface area contributed by atoms with Gasteiger partial charge in [0.1, 0.15) is 0 Å². The Hall–Kier alpha value is -2.05. The smallest absolute Gasteiger partial charge is 0.305 e. The van der Waals surface area contributed by atoms with Crippen molar-refractivity contribution in [2.75, 3.05) is 33.3 Å². The van der Waals surface area contributed by atoms with Crippen LogP contribution in [0.1, 0.15) is 45.6 Å². The van der Waals surface area contributed by atoms with E-state index < -0.39 is 0 Å². The summed E-state index contributed by atoms with van der Waals surface area (Å²) >= 11 is 0. The highest BCUT2D eigenvalue weighted by molar-refractivity contribution is 5.80. The molecule has 1 aromatic rings. The number of nitrogens with one attached hydrogen (secondary N) is 1. The number of piperidine rings is 1. The monoisotopic (exact) mass is 349 g/mol. The fourth-order valence-corrected chi connectivity index (χ4v) is 3.19. The van der Waals surface area contributed by atoms with Gasteiger partial charge >= 0.3 is 5.97 Å². The summed E-state index contributed by atoms with van der Waals surface area (Å²) in [4.78, 5) is 22.4. The molecule has 0 aliphatic carbocycles. The molecule has 140 valence electrons. The second-order valence-electron chi connectivity index (χ2n) is 6.56. The normalized spacial score (nSPS) is 21.2. The zero-order valence-corrected chi connectivity index (χ0v) is 15.6. The minimum atomic E-state index is -0.149. The number of hydrogen-bond donors (Lipinski definition) is 1. The van der Waals surface area contributed by atoms with Crippen LogP contribution in [0.3, 0.4) is 0 Å². The van der Waals surface area contributed by atoms with E-state index in [1.165, 1.54) is 7.11 Å². The van der Waals surface area contributed by atoms with Crippen molar-refractivity contribution >= 4 is 11.9 Å². The summed E-state index contributed by atoms with van der Waals surface area (Å²) in [5.74, 6) is 1.44. The van der Waals surface area contributed by atoms with Crippen molar-refractivity contribution in [2.45, 2.75) is 45.6 Å². The lowest BCUT2D eigenvalue weighted by Gasteiger charge is -2.39. The average molecular weight is 349 g/mol. The molecule has 1 aliphatic rings. The standard InChI is InChI=1S/C18H31N5O2/c1-4-20-18(21-9-6-5-7-17(24)25-3)22-11-8-15(2)16(13-22)23-12-10-19-14-23/h10,12,14-16H,4-9,11,13H2,1-3H3,(H,20,21). The van der Waals surface area contributed by atoms with Gasteiger partial charge in [-0.1, -0.05) is 6.92 Å². The van der Waals surface area contributed by atoms with Crippen molar-refractivity contribution in [1.82, 2.24) is 19.8 Å². The number of guanidine groups is 1. The topological polar surface area (TPSA) is 71.8 Å². The molecule has 0 amide bonds. The lowest BCUT2D eigenvalue weighted by atomic mass is 9.93. The summed E-state index contributed by atoms with van der Waals surface area (Å²) in [6, 6.07) is 0.416. The number of esters is 1. The van der Waals surface area contributed by atoms with E-state index >= 15 is 0 Å². The fraction of sp³-hybridized carbons (Fsp3) is 0.722. The third-order valence-electron chi connectivity index (χ3n) is 4.74. The van der Waals surface area contributed by atoms with Crippen LogP contribution in [0, 0.1) is 5.92 Å². The first kappa shape index (κ1) is 19.3. The van der Waals surface area contributed by atoms with Gasteiger partial charge in [0.2, 0.25) is 0 Å². The van der Waals surface area contributed by atoms with E-state index in [0.717, 1.165) is 51.4 Å². The molecule has 25 heavy (non-hydrogen) atoms. The molecule has 0 radical (unpaired) electrons. The molecule has 0 aromatic carbocycles. The van der Waals surface area contributed by atoms with Crippen molar-refractivity contribution in [3.05, 3.63) is 18.7 Å². The molecule has 2 rings (SSSR count). The van der Waals surface area contributed by atoms with Gasteiger partial charge in [-0.2, -0.15) is 0 Å². The van der Waals surface area contributed by atoms with Gasteiger partial charge in [0, 0.05) is 45.0 Å². The molecule has 2 unspecified atom stereocenters. The number of methoxy groups -OCH3 is 1. The lowest BCUT2D eigenvalue weighted by Crippen LogP contribution is -2.49. The Morgan fingerprint density at radius 3 is 2.96 bits per heavy atom. The van der Waals surface area contributed by atoms with Gasteiger partial charge in [-0.3, -0.25) is 9.79 Å². The Morgan fingerprint density at radius 1 is 1.44 bits per heavy atom. The Balaban J connectivity index is 1.91. The predicted octanol–water partition coefficient (Wildman–Crippen LogP) is 2.07. The van der Waals surface area contributed by atoms with E-state index in [0.29, 0.717) is 18.4 Å². The zero-order chi connectivity index (χ0) is 18.1. The number of ether oxygens (including phenoxy) is 1. The van der Waals surface area contributed by atoms with Crippen LogP contribution in [0.25, 0.3) is 0 Å². The van der Waals surface area contributed by atoms with Crippen molar-refractivity contribution < 1.29 is 9.53 Å². The van der Waals surface area contributed by atoms with E-state index in [1.807, 2.05) is 18.7 Å². The summed E-state index contributed by atoms with van der Waals surface area (Å²) in [6.45, 7) is 7.92. The molecule has 1 aliphatic heterocycles. The summed E-state index contributed by atoms with van der Waals surface area (Å²) < 4.78 is 6.87. The van der Waals surface area contributed by atoms with Crippen molar-refractivity contribution in [3.63, 3.8) is 0 Å². The Bertz CT molecular complexity index is 544. The molecule has 1 aromatic heterocycles. The van der Waals surface area contributed by atoms with E-state index in [9.17, 15) is 4.79 Å². The highest BCUT2D eigenvalue weighted by Gasteiger charge is 2.28. The maximum absolute atomic E-state index is 11.2. The Kier molecular flexibility index (Phi) is 7.76. The second-order valence-corrected chi connectivity index (χ2v) is 6.56. The molecule has 1 saturated heterocycles. The summed E-state index contributed by atoms with van der Waals surface area (Å²) in [5, 5.41) is 3.40. The van der Waals surface area contributed by atoms with Crippen LogP contribution < -0.4 is 5.32 Å². The molecule has 0 bridgehead atoms. The van der Waals surface area contributed by atoms with E-state index in [1.54, 1.807) is 0 Å². The van der Waals surface area contributed by atoms with Gasteiger partial charge in [0.15, 0.2) is 5.96 Å². The van der Waals surface area contributed by atoms with Crippen molar-refractivity contribution in [1.29, 1.82) is 0 Å². The van der Waals surface area contributed by atoms with Gasteiger partial charge in [0.25, 0.3) is 0 Å². The molecule has 1 N–H and O–H groups in total. The first-order valence-electron chi connectivity index (χ1n) is 9.23. The number of hydrogen-bond acceptors (Lipinski definition) is 4. The van der Waals surface area contributed by atoms with Crippen molar-refractivity contribution in [2.24, 2.45) is 10.9 Å². The van der Waals surface area contributed by atoms with Gasteiger partial charge in [-0.15, -0.1) is 0 Å². The lowest BCUT2D eigenvalue weighted by molar-refractivity contribution is -0.140. The maximum atomic E-state index is 11.2. The average Bonchev–Trinajstić information content (AvgIpc) is 3.15. The number of rotatable bonds is 7. The highest BCUT2D eigenvalue weighted by Crippen LogP contribution is 2.27. The number of nitrogens with zero attached hydrogens (tertiary/aromatic N) is 4. The fourth-order valence-electron chi connectivity index (χ4n) is 3.19. The molecule has 2 heterocycles. The summed E-state index contributed by atoms with van der Waals surface area (Å²) in [5.41, 5.74) is 0. The Morgan fingerprint density at radius 2 is 2.28 bits per heavy atom. The molecule has 7 heteroatoms. The van der Waals surface area contributed by atoms with Gasteiger partial charge in [-0.25, -0.2) is 4.98 Å². The molecule has 2 atom stereocenters. The quantitative estimate of drug-likeness (QED) is 0.353. The third-order valence-corrected chi connectivity index (χ3v) is 4.74. The number of aliphatic imine (C=N–C) groups is 1. The molecule has 0 saturated carbocycles. The van der Waals surface area contributed by atoms with Crippen LogP contribution in [-0.4, -0.2) is 59.7 Å². The molecule has 7 nitrogen and oxygen atoms in total. The number of unbranched alkanes of at least 4 members (excludes halogenated alkanes) is 1. The summed E-state index contributed by atoms with van der Waals surface area (Å²) in [6.07, 6.45) is 9.08. The number of imidazole rings is 1. The van der Waals surface area contributed by atoms with Gasteiger partial charge in [0.05, 0.1) is 19.5 Å². The zero-order valence-electron chi connectivity index (χ0n) is 15.6. The van der Waals surface area contributed by atoms with Crippen LogP contribution in [0.5, 0.6) is 0 Å². The summed E-state index contributed by atoms with van der Waals surface area (Å²) in [7, 11) is 1.43. The number of carbonyl (C=O) groups excluding carboxylic acids is 1. The van der Waals surface area contributed by atoms with Crippen molar-refractivity contribution in [3.8, 4) is 0 Å². The minimum Gasteiger partial charge on any atom is -0.469 e. The minimum absolute atomic E-state index is 0.149. The van der Waals surface area contributed by atoms with Gasteiger partial charge in [-0.05, 0) is 32.1 Å². The maximum Gasteiger partial charge on any atom is 0.305 e. The second kappa shape index (κ2) is 10.1. The molecule has 0 spiro atoms.